The maximum atomic E-state index is 14.5. The van der Waals surface area contributed by atoms with Gasteiger partial charge in [0.25, 0.3) is 5.69 Å². The molecular weight excluding hydrogens is 483 g/mol. The maximum Gasteiger partial charge on any atom is 0.419 e. The lowest BCUT2D eigenvalue weighted by Crippen LogP contribution is -2.49. The van der Waals surface area contributed by atoms with Crippen LogP contribution in [-0.2, 0) is 9.53 Å². The normalized spacial score (nSPS) is 20.1. The lowest BCUT2D eigenvalue weighted by molar-refractivity contribution is -0.607. The van der Waals surface area contributed by atoms with Crippen molar-refractivity contribution in [1.82, 2.24) is 0 Å². The quantitative estimate of drug-likeness (QED) is 0.339. The monoisotopic (exact) mass is 504 g/mol. The molecule has 0 aliphatic carbocycles. The number of alkyl halides is 3. The first-order valence-corrected chi connectivity index (χ1v) is 10.2. The Hall–Kier alpha value is -3.68. The van der Waals surface area contributed by atoms with Crippen LogP contribution >= 0.6 is 0 Å². The van der Waals surface area contributed by atoms with E-state index in [4.69, 9.17) is 15.2 Å². The molecule has 2 aromatic rings. The average Bonchev–Trinajstić information content (AvgIpc) is 3.20. The van der Waals surface area contributed by atoms with E-state index in [2.05, 4.69) is 5.32 Å². The van der Waals surface area contributed by atoms with E-state index in [1.54, 1.807) is 0 Å². The van der Waals surface area contributed by atoms with E-state index in [0.717, 1.165) is 36.4 Å². The number of hydrogen-bond acceptors (Lipinski definition) is 6. The fourth-order valence-electron chi connectivity index (χ4n) is 3.83. The fourth-order valence-corrected chi connectivity index (χ4v) is 3.83. The van der Waals surface area contributed by atoms with E-state index in [9.17, 15) is 36.7 Å². The van der Waals surface area contributed by atoms with Gasteiger partial charge in [-0.25, -0.2) is 4.39 Å². The summed E-state index contributed by atoms with van der Waals surface area (Å²) in [6.07, 6.45) is -4.96. The number of primary amides is 1. The third kappa shape index (κ3) is 4.78. The molecule has 35 heavy (non-hydrogen) atoms. The number of hydrogen-bond donors (Lipinski definition) is 2. The summed E-state index contributed by atoms with van der Waals surface area (Å²) in [7, 11) is 0.823. The van der Waals surface area contributed by atoms with Gasteiger partial charge in [-0.15, -0.1) is 0 Å². The van der Waals surface area contributed by atoms with Gasteiger partial charge in [0.1, 0.15) is 6.04 Å². The van der Waals surface area contributed by atoms with Crippen molar-refractivity contribution in [2.24, 2.45) is 5.73 Å². The summed E-state index contributed by atoms with van der Waals surface area (Å²) in [5, 5.41) is 14.0. The second-order valence-electron chi connectivity index (χ2n) is 7.67. The van der Waals surface area contributed by atoms with Gasteiger partial charge in [-0.05, 0) is 19.1 Å². The zero-order chi connectivity index (χ0) is 26.1. The Morgan fingerprint density at radius 3 is 2.57 bits per heavy atom. The van der Waals surface area contributed by atoms with Crippen LogP contribution in [0.2, 0.25) is 0 Å². The molecule has 3 N–H and O–H groups in total. The van der Waals surface area contributed by atoms with Crippen molar-refractivity contribution in [2.45, 2.75) is 31.2 Å². The first kappa shape index (κ1) is 25.9. The van der Waals surface area contributed by atoms with Gasteiger partial charge in [0.2, 0.25) is 11.7 Å². The molecule has 1 aliphatic rings. The van der Waals surface area contributed by atoms with Gasteiger partial charge in [-0.1, -0.05) is 0 Å². The van der Waals surface area contributed by atoms with E-state index < -0.39 is 65.7 Å². The minimum Gasteiger partial charge on any atom is -0.618 e. The van der Waals surface area contributed by atoms with E-state index in [1.165, 1.54) is 6.92 Å². The highest BCUT2D eigenvalue weighted by atomic mass is 19.4. The number of ether oxygens (including phenoxy) is 2. The molecule has 0 bridgehead atoms. The Balaban J connectivity index is 2.07. The Kier molecular flexibility index (Phi) is 7.06. The summed E-state index contributed by atoms with van der Waals surface area (Å²) in [6, 6.07) is 2.15. The highest BCUT2D eigenvalue weighted by Crippen LogP contribution is 2.47. The second kappa shape index (κ2) is 9.52. The topological polar surface area (TPSA) is 121 Å². The lowest BCUT2D eigenvalue weighted by atomic mass is 9.99. The molecule has 190 valence electrons. The fraction of sp³-hybridized carbons (Fsp3) is 0.381. The summed E-state index contributed by atoms with van der Waals surface area (Å²) in [5.74, 6) is -5.49. The van der Waals surface area contributed by atoms with Gasteiger partial charge in [0, 0.05) is 25.7 Å². The minimum absolute atomic E-state index is 0.104. The highest BCUT2D eigenvalue weighted by Gasteiger charge is 2.63. The predicted molar refractivity (Wildman–Crippen MR) is 112 cm³/mol. The first-order chi connectivity index (χ1) is 16.3. The van der Waals surface area contributed by atoms with Crippen LogP contribution < -0.4 is 25.4 Å². The predicted octanol–water partition coefficient (Wildman–Crippen LogP) is 2.26. The number of nitrogens with zero attached hydrogens (tertiary/aromatic N) is 2. The van der Waals surface area contributed by atoms with Crippen molar-refractivity contribution in [1.29, 1.82) is 0 Å². The number of nitrogens with one attached hydrogen (secondary N) is 1. The van der Waals surface area contributed by atoms with Crippen LogP contribution in [0, 0.1) is 16.8 Å². The van der Waals surface area contributed by atoms with Crippen LogP contribution in [0.15, 0.2) is 30.5 Å². The number of amides is 2. The molecule has 2 atom stereocenters. The number of nitrogens with two attached hydrogens (primary N) is 1. The van der Waals surface area contributed by atoms with Crippen molar-refractivity contribution in [3.63, 3.8) is 0 Å². The van der Waals surface area contributed by atoms with Crippen molar-refractivity contribution >= 4 is 23.2 Å². The van der Waals surface area contributed by atoms with Gasteiger partial charge >= 0.3 is 12.1 Å². The molecule has 3 rings (SSSR count). The molecule has 2 heterocycles. The standard InChI is InChI=1S/C21H21F5N4O5/c1-3-35-17-13(5-4-12(22)16(17)23)29-10-20(34-2,21(24,25)26)9-15(29)19(32)28-11-6-7-30(33)14(8-11)18(27)31/h4-8,15H,3,9-10H2,1-2H3,(H2,27,31)(H,28,32)/t15-,20+/m0/s1. The molecule has 1 saturated heterocycles. The van der Waals surface area contributed by atoms with E-state index >= 15 is 0 Å². The lowest BCUT2D eigenvalue weighted by Gasteiger charge is -2.31. The Labute approximate surface area is 195 Å². The number of carbonyl (C=O) groups excluding carboxylic acids is 2. The molecule has 0 unspecified atom stereocenters. The largest absolute Gasteiger partial charge is 0.618 e. The molecule has 0 radical (unpaired) electrons. The number of aromatic nitrogens is 1. The zero-order valence-electron chi connectivity index (χ0n) is 18.5. The van der Waals surface area contributed by atoms with Gasteiger partial charge in [-0.2, -0.15) is 22.3 Å². The number of anilines is 2. The molecule has 1 aromatic carbocycles. The Morgan fingerprint density at radius 2 is 2.00 bits per heavy atom. The number of halogens is 5. The van der Waals surface area contributed by atoms with Crippen LogP contribution in [0.1, 0.15) is 23.8 Å². The summed E-state index contributed by atoms with van der Waals surface area (Å²) >= 11 is 0. The first-order valence-electron chi connectivity index (χ1n) is 10.2. The van der Waals surface area contributed by atoms with E-state index in [0.29, 0.717) is 6.07 Å². The molecule has 1 aliphatic heterocycles. The number of benzene rings is 1. The molecule has 14 heteroatoms. The second-order valence-corrected chi connectivity index (χ2v) is 7.67. The van der Waals surface area contributed by atoms with Crippen LogP contribution in [0.25, 0.3) is 0 Å². The summed E-state index contributed by atoms with van der Waals surface area (Å²) in [4.78, 5) is 25.4. The molecule has 0 spiro atoms. The molecule has 1 aromatic heterocycles. The smallest absolute Gasteiger partial charge is 0.419 e. The van der Waals surface area contributed by atoms with Crippen LogP contribution in [0.3, 0.4) is 0 Å². The third-order valence-electron chi connectivity index (χ3n) is 5.60. The highest BCUT2D eigenvalue weighted by molar-refractivity contribution is 5.99. The van der Waals surface area contributed by atoms with E-state index in [-0.39, 0.29) is 22.7 Å². The van der Waals surface area contributed by atoms with Gasteiger partial charge in [0.05, 0.1) is 24.5 Å². The third-order valence-corrected chi connectivity index (χ3v) is 5.60. The molecular formula is C21H21F5N4O5. The summed E-state index contributed by atoms with van der Waals surface area (Å²) in [5.41, 5.74) is 1.36. The number of carbonyl (C=O) groups is 2. The molecule has 2 amide bonds. The summed E-state index contributed by atoms with van der Waals surface area (Å²) in [6.45, 7) is 0.394. The van der Waals surface area contributed by atoms with Crippen LogP contribution in [-0.4, -0.2) is 49.9 Å². The molecule has 0 saturated carbocycles. The minimum atomic E-state index is -4.93. The maximum absolute atomic E-state index is 14.5. The molecule has 1 fully saturated rings. The molecule has 9 nitrogen and oxygen atoms in total. The van der Waals surface area contributed by atoms with Crippen LogP contribution in [0.4, 0.5) is 33.3 Å². The number of rotatable bonds is 7. The Morgan fingerprint density at radius 1 is 1.31 bits per heavy atom. The zero-order valence-corrected chi connectivity index (χ0v) is 18.5. The van der Waals surface area contributed by atoms with E-state index in [1.807, 2.05) is 0 Å². The average molecular weight is 504 g/mol. The Bertz CT molecular complexity index is 1150. The van der Waals surface area contributed by atoms with Gasteiger partial charge in [0.15, 0.2) is 23.4 Å². The number of pyridine rings is 1. The van der Waals surface area contributed by atoms with Crippen molar-refractivity contribution in [2.75, 3.05) is 30.5 Å². The van der Waals surface area contributed by atoms with Crippen molar-refractivity contribution < 1.29 is 45.7 Å². The van der Waals surface area contributed by atoms with Gasteiger partial charge < -0.3 is 30.6 Å². The van der Waals surface area contributed by atoms with Gasteiger partial charge in [-0.3, -0.25) is 9.59 Å². The SMILES string of the molecule is CCOc1c(N2C[C@@](OC)(C(F)(F)F)C[C@H]2C(=O)Nc2cc[n+]([O-])c(C(N)=O)c2)ccc(F)c1F. The summed E-state index contributed by atoms with van der Waals surface area (Å²) < 4.78 is 80.5. The van der Waals surface area contributed by atoms with Crippen LogP contribution in [0.5, 0.6) is 5.75 Å². The van der Waals surface area contributed by atoms with Crippen molar-refractivity contribution in [3.8, 4) is 5.75 Å². The number of methoxy groups -OCH3 is 1. The van der Waals surface area contributed by atoms with Crippen molar-refractivity contribution in [3.05, 3.63) is 53.0 Å².